The lowest BCUT2D eigenvalue weighted by Gasteiger charge is -2.29. The highest BCUT2D eigenvalue weighted by Crippen LogP contribution is 2.52. The molecule has 7 aromatic rings. The van der Waals surface area contributed by atoms with Crippen LogP contribution in [0.4, 0.5) is 0 Å². The third-order valence-corrected chi connectivity index (χ3v) is 11.3. The van der Waals surface area contributed by atoms with E-state index in [4.69, 9.17) is 9.41 Å². The number of allylic oxidation sites excluding steroid dienone is 4. The maximum atomic E-state index is 6.58. The zero-order valence-electron chi connectivity index (χ0n) is 27.2. The molecule has 2 atom stereocenters. The second-order valence-corrected chi connectivity index (χ2v) is 14.2. The van der Waals surface area contributed by atoms with E-state index in [2.05, 4.69) is 169 Å². The monoisotopic (exact) mass is 660 g/mol. The molecular formula is C46H32N2OS. The quantitative estimate of drug-likeness (QED) is 0.200. The van der Waals surface area contributed by atoms with E-state index in [9.17, 15) is 0 Å². The van der Waals surface area contributed by atoms with Crippen LogP contribution in [0.2, 0.25) is 0 Å². The van der Waals surface area contributed by atoms with Gasteiger partial charge in [0, 0.05) is 32.1 Å². The fourth-order valence-electron chi connectivity index (χ4n) is 7.60. The molecule has 0 fully saturated rings. The molecule has 2 aliphatic heterocycles. The number of hydrogen-bond donors (Lipinski definition) is 1. The summed E-state index contributed by atoms with van der Waals surface area (Å²) in [6, 6.07) is 51.6. The summed E-state index contributed by atoms with van der Waals surface area (Å²) in [6.07, 6.45) is 7.89. The third kappa shape index (κ3) is 4.95. The second kappa shape index (κ2) is 11.9. The van der Waals surface area contributed by atoms with Crippen LogP contribution >= 0.6 is 11.8 Å². The number of furan rings is 1. The molecule has 238 valence electrons. The minimum Gasteiger partial charge on any atom is -0.456 e. The van der Waals surface area contributed by atoms with Crippen LogP contribution in [0.3, 0.4) is 0 Å². The molecular weight excluding hydrogens is 629 g/mol. The van der Waals surface area contributed by atoms with Crippen molar-refractivity contribution in [3.8, 4) is 22.3 Å². The molecule has 3 heterocycles. The molecule has 2 unspecified atom stereocenters. The number of nitrogens with zero attached hydrogens (tertiary/aromatic N) is 1. The Kier molecular flexibility index (Phi) is 6.95. The Bertz CT molecular complexity index is 2570. The number of nitrogens with one attached hydrogen (secondary N) is 1. The first-order valence-corrected chi connectivity index (χ1v) is 18.0. The molecule has 0 radical (unpaired) electrons. The van der Waals surface area contributed by atoms with E-state index < -0.39 is 0 Å². The number of benzene rings is 6. The normalized spacial score (nSPS) is 18.1. The van der Waals surface area contributed by atoms with E-state index in [0.717, 1.165) is 56.6 Å². The third-order valence-electron chi connectivity index (χ3n) is 10.1. The Labute approximate surface area is 295 Å². The molecule has 0 saturated carbocycles. The minimum atomic E-state index is 0.0588. The van der Waals surface area contributed by atoms with E-state index in [0.29, 0.717) is 0 Å². The van der Waals surface area contributed by atoms with Crippen LogP contribution in [-0.4, -0.2) is 5.84 Å². The molecule has 0 spiro atoms. The van der Waals surface area contributed by atoms with Crippen molar-refractivity contribution < 1.29 is 4.42 Å². The summed E-state index contributed by atoms with van der Waals surface area (Å²) in [5.74, 6) is 1.08. The van der Waals surface area contributed by atoms with Gasteiger partial charge < -0.3 is 9.73 Å². The summed E-state index contributed by atoms with van der Waals surface area (Å²) in [7, 11) is 0. The highest BCUT2D eigenvalue weighted by molar-refractivity contribution is 8.03. The molecule has 10 rings (SSSR count). The Balaban J connectivity index is 1.06. The maximum absolute atomic E-state index is 6.58. The standard InChI is InChI=1S/C46H32N2OS/c1-3-11-29(12-4-1)31-21-23-32(24-22-31)43-45-44(37-17-7-8-20-41(37)50-45)48-46(47-43)38-18-10-19-39-42(38)36-26-25-35(28-40(36)49-39)34-16-9-15-33(27-34)30-13-5-2-6-14-30/h1-23,25-28,32,44H,24H2,(H,47,48). The number of amidine groups is 1. The number of fused-ring (bicyclic) bond motifs is 6. The summed E-state index contributed by atoms with van der Waals surface area (Å²) < 4.78 is 6.58. The van der Waals surface area contributed by atoms with Crippen LogP contribution in [0.15, 0.2) is 189 Å². The molecule has 3 nitrogen and oxygen atoms in total. The summed E-state index contributed by atoms with van der Waals surface area (Å²) in [5, 5.41) is 6.07. The van der Waals surface area contributed by atoms with E-state index in [1.165, 1.54) is 37.6 Å². The Morgan fingerprint density at radius 2 is 1.36 bits per heavy atom. The van der Waals surface area contributed by atoms with Gasteiger partial charge in [0.05, 0.1) is 11.7 Å². The maximum Gasteiger partial charge on any atom is 0.136 e. The average Bonchev–Trinajstić information content (AvgIpc) is 3.76. The lowest BCUT2D eigenvalue weighted by Crippen LogP contribution is -2.33. The first-order valence-electron chi connectivity index (χ1n) is 17.2. The van der Waals surface area contributed by atoms with Crippen LogP contribution in [0.1, 0.15) is 29.2 Å². The Morgan fingerprint density at radius 3 is 2.18 bits per heavy atom. The largest absolute Gasteiger partial charge is 0.456 e. The summed E-state index contributed by atoms with van der Waals surface area (Å²) >= 11 is 1.86. The molecule has 1 aromatic heterocycles. The van der Waals surface area contributed by atoms with Gasteiger partial charge in [-0.05, 0) is 75.7 Å². The van der Waals surface area contributed by atoms with Crippen molar-refractivity contribution in [3.05, 3.63) is 191 Å². The number of aliphatic imine (C=N–C) groups is 1. The second-order valence-electron chi connectivity index (χ2n) is 13.1. The highest BCUT2D eigenvalue weighted by atomic mass is 32.2. The van der Waals surface area contributed by atoms with Gasteiger partial charge in [0.2, 0.25) is 0 Å². The predicted molar refractivity (Wildman–Crippen MR) is 208 cm³/mol. The lowest BCUT2D eigenvalue weighted by molar-refractivity contribution is 0.668. The molecule has 4 heteroatoms. The van der Waals surface area contributed by atoms with Gasteiger partial charge in [0.1, 0.15) is 17.0 Å². The van der Waals surface area contributed by atoms with Crippen LogP contribution < -0.4 is 5.32 Å². The molecule has 1 aliphatic carbocycles. The number of thioether (sulfide) groups is 1. The van der Waals surface area contributed by atoms with Crippen molar-refractivity contribution in [3.63, 3.8) is 0 Å². The van der Waals surface area contributed by atoms with Gasteiger partial charge >= 0.3 is 0 Å². The van der Waals surface area contributed by atoms with Crippen LogP contribution in [0, 0.1) is 5.92 Å². The zero-order chi connectivity index (χ0) is 33.0. The zero-order valence-corrected chi connectivity index (χ0v) is 28.0. The van der Waals surface area contributed by atoms with Gasteiger partial charge in [-0.3, -0.25) is 0 Å². The predicted octanol–water partition coefficient (Wildman–Crippen LogP) is 12.0. The van der Waals surface area contributed by atoms with Crippen molar-refractivity contribution in [2.45, 2.75) is 17.4 Å². The molecule has 0 bridgehead atoms. The fraction of sp³-hybridized carbons (Fsp3) is 0.0652. The molecule has 3 aliphatic rings. The summed E-state index contributed by atoms with van der Waals surface area (Å²) in [4.78, 5) is 8.08. The Morgan fingerprint density at radius 1 is 0.640 bits per heavy atom. The minimum absolute atomic E-state index is 0.0588. The smallest absolute Gasteiger partial charge is 0.136 e. The first kappa shape index (κ1) is 29.1. The Hall–Kier alpha value is -5.84. The van der Waals surface area contributed by atoms with E-state index in [-0.39, 0.29) is 12.0 Å². The molecule has 0 saturated heterocycles. The van der Waals surface area contributed by atoms with Crippen molar-refractivity contribution >= 4 is 45.1 Å². The summed E-state index contributed by atoms with van der Waals surface area (Å²) in [6.45, 7) is 0. The van der Waals surface area contributed by atoms with Gasteiger partial charge in [-0.25, -0.2) is 4.99 Å². The van der Waals surface area contributed by atoms with Gasteiger partial charge in [-0.1, -0.05) is 145 Å². The molecule has 1 N–H and O–H groups in total. The van der Waals surface area contributed by atoms with Crippen LogP contribution in [-0.2, 0) is 0 Å². The SMILES string of the molecule is C1=CC(C2=C3Sc4ccccc4C3NC(c3cccc4oc5cc(-c6cccc(-c7ccccc7)c6)ccc5c34)=N2)CC=C1c1ccccc1. The van der Waals surface area contributed by atoms with E-state index in [1.807, 2.05) is 11.8 Å². The number of hydrogen-bond acceptors (Lipinski definition) is 4. The molecule has 0 amide bonds. The lowest BCUT2D eigenvalue weighted by atomic mass is 9.89. The van der Waals surface area contributed by atoms with Crippen molar-refractivity contribution in [2.75, 3.05) is 0 Å². The molecule has 6 aromatic carbocycles. The van der Waals surface area contributed by atoms with E-state index in [1.54, 1.807) is 0 Å². The van der Waals surface area contributed by atoms with Gasteiger partial charge in [0.25, 0.3) is 0 Å². The average molecular weight is 661 g/mol. The van der Waals surface area contributed by atoms with Gasteiger partial charge in [0.15, 0.2) is 0 Å². The van der Waals surface area contributed by atoms with Crippen molar-refractivity contribution in [1.29, 1.82) is 0 Å². The topological polar surface area (TPSA) is 37.5 Å². The van der Waals surface area contributed by atoms with Crippen molar-refractivity contribution in [2.24, 2.45) is 10.9 Å². The fourth-order valence-corrected chi connectivity index (χ4v) is 8.89. The van der Waals surface area contributed by atoms with Crippen LogP contribution in [0.25, 0.3) is 49.8 Å². The first-order chi connectivity index (χ1) is 24.8. The van der Waals surface area contributed by atoms with E-state index >= 15 is 0 Å². The number of rotatable bonds is 5. The van der Waals surface area contributed by atoms with Crippen LogP contribution in [0.5, 0.6) is 0 Å². The van der Waals surface area contributed by atoms with Gasteiger partial charge in [-0.15, -0.1) is 0 Å². The summed E-state index contributed by atoms with van der Waals surface area (Å²) in [5.41, 5.74) is 12.5. The highest BCUT2D eigenvalue weighted by Gasteiger charge is 2.37. The van der Waals surface area contributed by atoms with Gasteiger partial charge in [-0.2, -0.15) is 0 Å². The molecule has 50 heavy (non-hydrogen) atoms. The van der Waals surface area contributed by atoms with Crippen molar-refractivity contribution in [1.82, 2.24) is 5.32 Å².